The Balaban J connectivity index is 1.56. The second-order valence-electron chi connectivity index (χ2n) is 6.12. The second kappa shape index (κ2) is 6.29. The maximum absolute atomic E-state index is 11.1. The average molecular weight is 355 g/mol. The van der Waals surface area contributed by atoms with Gasteiger partial charge in [0, 0.05) is 41.1 Å². The number of aliphatic carboxylic acids is 1. The Kier molecular flexibility index (Phi) is 3.97. The van der Waals surface area contributed by atoms with Crippen LogP contribution in [0.1, 0.15) is 36.7 Å². The number of hydrogen-bond acceptors (Lipinski definition) is 5. The van der Waals surface area contributed by atoms with Crippen LogP contribution in [0.3, 0.4) is 0 Å². The molecule has 6 nitrogen and oxygen atoms in total. The van der Waals surface area contributed by atoms with E-state index in [-0.39, 0.29) is 0 Å². The summed E-state index contributed by atoms with van der Waals surface area (Å²) in [7, 11) is 0. The lowest BCUT2D eigenvalue weighted by molar-refractivity contribution is -0.132. The molecule has 2 aromatic heterocycles. The normalized spacial score (nSPS) is 16.4. The Bertz CT molecular complexity index is 919. The fourth-order valence-corrected chi connectivity index (χ4v) is 2.84. The third-order valence-electron chi connectivity index (χ3n) is 4.21. The van der Waals surface area contributed by atoms with E-state index in [0.29, 0.717) is 34.6 Å². The highest BCUT2D eigenvalue weighted by atomic mass is 35.5. The van der Waals surface area contributed by atoms with Gasteiger partial charge in [0.1, 0.15) is 5.02 Å². The van der Waals surface area contributed by atoms with Crippen LogP contribution in [0.4, 0.5) is 11.5 Å². The van der Waals surface area contributed by atoms with Crippen molar-refractivity contribution < 1.29 is 9.90 Å². The number of nitrogens with one attached hydrogen (secondary N) is 1. The van der Waals surface area contributed by atoms with E-state index in [1.165, 1.54) is 19.0 Å². The highest BCUT2D eigenvalue weighted by molar-refractivity contribution is 6.32. The van der Waals surface area contributed by atoms with E-state index in [9.17, 15) is 4.79 Å². The van der Waals surface area contributed by atoms with Gasteiger partial charge in [-0.05, 0) is 25.0 Å². The molecule has 0 aliphatic heterocycles. The van der Waals surface area contributed by atoms with Gasteiger partial charge in [0.05, 0.1) is 6.20 Å². The Morgan fingerprint density at radius 2 is 2.12 bits per heavy atom. The molecule has 4 rings (SSSR count). The molecule has 2 aliphatic carbocycles. The number of carbonyl (C=O) groups is 1. The first-order chi connectivity index (χ1) is 12.1. The van der Waals surface area contributed by atoms with Crippen LogP contribution < -0.4 is 5.32 Å². The lowest BCUT2D eigenvalue weighted by Gasteiger charge is -2.10. The van der Waals surface area contributed by atoms with E-state index in [1.54, 1.807) is 18.3 Å². The van der Waals surface area contributed by atoms with Crippen molar-refractivity contribution >= 4 is 34.6 Å². The summed E-state index contributed by atoms with van der Waals surface area (Å²) < 4.78 is 0. The Morgan fingerprint density at radius 3 is 2.84 bits per heavy atom. The molecule has 0 radical (unpaired) electrons. The molecule has 126 valence electrons. The van der Waals surface area contributed by atoms with E-state index >= 15 is 0 Å². The summed E-state index contributed by atoms with van der Waals surface area (Å²) in [6.45, 7) is 0. The Hall–Kier alpha value is -2.73. The molecule has 25 heavy (non-hydrogen) atoms. The zero-order chi connectivity index (χ0) is 17.4. The number of pyridine rings is 1. The van der Waals surface area contributed by atoms with Crippen LogP contribution in [0.2, 0.25) is 5.02 Å². The largest absolute Gasteiger partial charge is 0.478 e. The summed E-state index contributed by atoms with van der Waals surface area (Å²) in [5.74, 6) is 0.588. The van der Waals surface area contributed by atoms with Gasteiger partial charge in [-0.2, -0.15) is 0 Å². The SMILES string of the molecule is O=C(O)C1=CC=C(c2ncc(Cl)c(Nc3ccnc(C4CC4)c3)n2)C1. The minimum atomic E-state index is -0.928. The van der Waals surface area contributed by atoms with Gasteiger partial charge in [-0.25, -0.2) is 14.8 Å². The van der Waals surface area contributed by atoms with E-state index < -0.39 is 5.97 Å². The van der Waals surface area contributed by atoms with Gasteiger partial charge in [-0.15, -0.1) is 0 Å². The molecule has 7 heteroatoms. The topological polar surface area (TPSA) is 88.0 Å². The molecule has 0 spiro atoms. The van der Waals surface area contributed by atoms with E-state index in [4.69, 9.17) is 16.7 Å². The number of hydrogen-bond donors (Lipinski definition) is 2. The molecular formula is C18H15ClN4O2. The number of nitrogens with zero attached hydrogens (tertiary/aromatic N) is 3. The average Bonchev–Trinajstić information content (AvgIpc) is 3.34. The van der Waals surface area contributed by atoms with E-state index in [1.807, 2.05) is 12.1 Å². The first-order valence-electron chi connectivity index (χ1n) is 7.99. The zero-order valence-corrected chi connectivity index (χ0v) is 14.0. The molecule has 0 amide bonds. The summed E-state index contributed by atoms with van der Waals surface area (Å²) in [5, 5.41) is 12.7. The Morgan fingerprint density at radius 1 is 1.28 bits per heavy atom. The Labute approximate surface area is 149 Å². The van der Waals surface area contributed by atoms with Crippen molar-refractivity contribution in [3.63, 3.8) is 0 Å². The summed E-state index contributed by atoms with van der Waals surface area (Å²) in [6.07, 6.45) is 9.27. The third-order valence-corrected chi connectivity index (χ3v) is 4.49. The first-order valence-corrected chi connectivity index (χ1v) is 8.37. The molecule has 0 unspecified atom stereocenters. The number of rotatable bonds is 5. The van der Waals surface area contributed by atoms with E-state index in [2.05, 4.69) is 20.3 Å². The monoisotopic (exact) mass is 354 g/mol. The van der Waals surface area contributed by atoms with Gasteiger partial charge >= 0.3 is 5.97 Å². The fraction of sp³-hybridized carbons (Fsp3) is 0.222. The smallest absolute Gasteiger partial charge is 0.331 e. The number of halogens is 1. The lowest BCUT2D eigenvalue weighted by atomic mass is 10.1. The maximum Gasteiger partial charge on any atom is 0.331 e. The van der Waals surface area contributed by atoms with Crippen molar-refractivity contribution in [3.05, 3.63) is 58.8 Å². The van der Waals surface area contributed by atoms with Gasteiger partial charge in [-0.1, -0.05) is 23.8 Å². The fourth-order valence-electron chi connectivity index (χ4n) is 2.70. The van der Waals surface area contributed by atoms with Crippen LogP contribution in [-0.4, -0.2) is 26.0 Å². The van der Waals surface area contributed by atoms with Crippen LogP contribution in [0.5, 0.6) is 0 Å². The number of carboxylic acid groups (broad SMARTS) is 1. The molecule has 1 fully saturated rings. The number of carboxylic acids is 1. The second-order valence-corrected chi connectivity index (χ2v) is 6.53. The minimum Gasteiger partial charge on any atom is -0.478 e. The molecule has 0 aromatic carbocycles. The maximum atomic E-state index is 11.1. The standard InChI is InChI=1S/C18H15ClN4O2/c19-14-9-21-16(11-3-4-12(7-11)18(24)25)23-17(14)22-13-5-6-20-15(8-13)10-1-2-10/h3-6,8-10H,1-2,7H2,(H,24,25)(H,20,21,22,23). The molecular weight excluding hydrogens is 340 g/mol. The summed E-state index contributed by atoms with van der Waals surface area (Å²) in [6, 6.07) is 3.87. The van der Waals surface area contributed by atoms with Crippen LogP contribution in [-0.2, 0) is 4.79 Å². The number of allylic oxidation sites excluding steroid dienone is 3. The summed E-state index contributed by atoms with van der Waals surface area (Å²) in [4.78, 5) is 24.1. The molecule has 1 saturated carbocycles. The van der Waals surface area contributed by atoms with Gasteiger partial charge < -0.3 is 10.4 Å². The predicted octanol–water partition coefficient (Wildman–Crippen LogP) is 3.94. The number of aromatic nitrogens is 3. The van der Waals surface area contributed by atoms with Gasteiger partial charge in [0.2, 0.25) is 0 Å². The highest BCUT2D eigenvalue weighted by Crippen LogP contribution is 2.39. The van der Waals surface area contributed by atoms with Crippen LogP contribution in [0, 0.1) is 0 Å². The quantitative estimate of drug-likeness (QED) is 0.845. The van der Waals surface area contributed by atoms with Crippen molar-refractivity contribution in [2.24, 2.45) is 0 Å². The highest BCUT2D eigenvalue weighted by Gasteiger charge is 2.25. The molecule has 2 heterocycles. The van der Waals surface area contributed by atoms with Crippen molar-refractivity contribution in [3.8, 4) is 0 Å². The van der Waals surface area contributed by atoms with Crippen LogP contribution in [0.15, 0.2) is 42.3 Å². The van der Waals surface area contributed by atoms with Crippen LogP contribution in [0.25, 0.3) is 5.57 Å². The predicted molar refractivity (Wildman–Crippen MR) is 94.8 cm³/mol. The zero-order valence-electron chi connectivity index (χ0n) is 13.2. The van der Waals surface area contributed by atoms with Crippen molar-refractivity contribution in [1.29, 1.82) is 0 Å². The van der Waals surface area contributed by atoms with Gasteiger partial charge in [0.25, 0.3) is 0 Å². The van der Waals surface area contributed by atoms with Crippen molar-refractivity contribution in [2.75, 3.05) is 5.32 Å². The van der Waals surface area contributed by atoms with E-state index in [0.717, 1.165) is 17.0 Å². The van der Waals surface area contributed by atoms with Crippen LogP contribution >= 0.6 is 11.6 Å². The molecule has 0 saturated heterocycles. The molecule has 2 N–H and O–H groups in total. The van der Waals surface area contributed by atoms with Crippen molar-refractivity contribution in [2.45, 2.75) is 25.2 Å². The lowest BCUT2D eigenvalue weighted by Crippen LogP contribution is -2.03. The minimum absolute atomic E-state index is 0.303. The van der Waals surface area contributed by atoms with Gasteiger partial charge in [-0.3, -0.25) is 4.98 Å². The molecule has 0 bridgehead atoms. The van der Waals surface area contributed by atoms with Crippen molar-refractivity contribution in [1.82, 2.24) is 15.0 Å². The first kappa shape index (κ1) is 15.8. The summed E-state index contributed by atoms with van der Waals surface area (Å²) in [5.41, 5.74) is 3.02. The third kappa shape index (κ3) is 3.39. The number of anilines is 2. The molecule has 0 atom stereocenters. The van der Waals surface area contributed by atoms with Gasteiger partial charge in [0.15, 0.2) is 11.6 Å². The molecule has 2 aliphatic rings. The molecule has 2 aromatic rings. The summed E-state index contributed by atoms with van der Waals surface area (Å²) >= 11 is 6.22.